The van der Waals surface area contributed by atoms with Crippen molar-refractivity contribution in [3.8, 4) is 36.8 Å². The second-order valence-corrected chi connectivity index (χ2v) is 4.70. The van der Waals surface area contributed by atoms with Gasteiger partial charge in [0.2, 0.25) is 0 Å². The Kier molecular flexibility index (Phi) is 5.17. The molecular weight excluding hydrogens is 284 g/mol. The largest absolute Gasteiger partial charge is 0.340 e. The molecule has 2 aromatic carbocycles. The molecule has 0 heterocycles. The summed E-state index contributed by atoms with van der Waals surface area (Å²) >= 11 is 0. The summed E-state index contributed by atoms with van der Waals surface area (Å²) in [4.78, 5) is 0. The second-order valence-electron chi connectivity index (χ2n) is 4.70. The molecule has 0 saturated heterocycles. The molecule has 0 fully saturated rings. The molecule has 0 aliphatic carbocycles. The van der Waals surface area contributed by atoms with Gasteiger partial charge in [0.05, 0.1) is 23.3 Å². The number of hydrogen-bond donors (Lipinski definition) is 0. The third kappa shape index (κ3) is 3.78. The first-order valence-corrected chi connectivity index (χ1v) is 6.79. The molecule has 2 atom stereocenters. The Morgan fingerprint density at radius 2 is 1.04 bits per heavy atom. The number of terminal acetylenes is 2. The maximum absolute atomic E-state index is 8.83. The highest BCUT2D eigenvalue weighted by Crippen LogP contribution is 2.26. The van der Waals surface area contributed by atoms with E-state index in [-0.39, 0.29) is 0 Å². The van der Waals surface area contributed by atoms with Crippen molar-refractivity contribution in [2.45, 2.75) is 12.2 Å². The van der Waals surface area contributed by atoms with Crippen LogP contribution in [0.1, 0.15) is 34.5 Å². The van der Waals surface area contributed by atoms with Crippen molar-refractivity contribution in [3.63, 3.8) is 0 Å². The van der Waals surface area contributed by atoms with Crippen molar-refractivity contribution in [2.24, 2.45) is 0 Å². The van der Waals surface area contributed by atoms with Gasteiger partial charge in [-0.3, -0.25) is 0 Å². The standard InChI is InChI=1S/C20H12N2O/c1-3-19(17-9-5-15(13-21)6-10-17)23-20(4-2)18-11-7-16(14-22)8-12-18/h1-2,5-12,19-20H. The van der Waals surface area contributed by atoms with Crippen LogP contribution in [0.5, 0.6) is 0 Å². The molecule has 0 saturated carbocycles. The van der Waals surface area contributed by atoms with E-state index in [0.717, 1.165) is 11.1 Å². The van der Waals surface area contributed by atoms with E-state index in [0.29, 0.717) is 11.1 Å². The van der Waals surface area contributed by atoms with E-state index >= 15 is 0 Å². The lowest BCUT2D eigenvalue weighted by Crippen LogP contribution is -2.08. The number of rotatable bonds is 4. The predicted octanol–water partition coefficient (Wildman–Crippen LogP) is 3.50. The molecule has 0 radical (unpaired) electrons. The van der Waals surface area contributed by atoms with Gasteiger partial charge in [-0.2, -0.15) is 10.5 Å². The molecule has 0 aromatic heterocycles. The van der Waals surface area contributed by atoms with Crippen LogP contribution in [-0.2, 0) is 4.74 Å². The SMILES string of the molecule is C#CC(OC(C#C)c1ccc(C#N)cc1)c1ccc(C#N)cc1. The lowest BCUT2D eigenvalue weighted by molar-refractivity contribution is 0.0516. The van der Waals surface area contributed by atoms with E-state index in [1.165, 1.54) is 0 Å². The van der Waals surface area contributed by atoms with Gasteiger partial charge in [0.15, 0.2) is 0 Å². The minimum atomic E-state index is -0.626. The van der Waals surface area contributed by atoms with Crippen LogP contribution in [0.4, 0.5) is 0 Å². The number of ether oxygens (including phenoxy) is 1. The van der Waals surface area contributed by atoms with E-state index < -0.39 is 12.2 Å². The van der Waals surface area contributed by atoms with Crippen molar-refractivity contribution in [1.29, 1.82) is 10.5 Å². The highest BCUT2D eigenvalue weighted by atomic mass is 16.5. The van der Waals surface area contributed by atoms with Crippen LogP contribution in [0, 0.1) is 47.3 Å². The maximum atomic E-state index is 8.83. The lowest BCUT2D eigenvalue weighted by atomic mass is 10.1. The van der Waals surface area contributed by atoms with Crippen molar-refractivity contribution < 1.29 is 4.74 Å². The highest BCUT2D eigenvalue weighted by molar-refractivity contribution is 5.36. The summed E-state index contributed by atoms with van der Waals surface area (Å²) in [6.07, 6.45) is 9.85. The zero-order valence-corrected chi connectivity index (χ0v) is 12.2. The first-order valence-electron chi connectivity index (χ1n) is 6.79. The fourth-order valence-electron chi connectivity index (χ4n) is 2.03. The lowest BCUT2D eigenvalue weighted by Gasteiger charge is -2.18. The van der Waals surface area contributed by atoms with Crippen LogP contribution in [0.2, 0.25) is 0 Å². The number of nitrogens with zero attached hydrogens (tertiary/aromatic N) is 2. The molecule has 108 valence electrons. The summed E-state index contributed by atoms with van der Waals surface area (Å²) in [7, 11) is 0. The summed E-state index contributed by atoms with van der Waals surface area (Å²) in [6, 6.07) is 17.8. The Morgan fingerprint density at radius 3 is 1.30 bits per heavy atom. The van der Waals surface area contributed by atoms with Crippen LogP contribution in [-0.4, -0.2) is 0 Å². The van der Waals surface area contributed by atoms with E-state index in [1.807, 2.05) is 12.1 Å². The Balaban J connectivity index is 2.21. The minimum Gasteiger partial charge on any atom is -0.340 e. The van der Waals surface area contributed by atoms with E-state index in [4.69, 9.17) is 28.1 Å². The Hall–Kier alpha value is -3.50. The average molecular weight is 296 g/mol. The van der Waals surface area contributed by atoms with Gasteiger partial charge in [-0.25, -0.2) is 0 Å². The normalized spacial score (nSPS) is 12.0. The summed E-state index contributed by atoms with van der Waals surface area (Å²) in [5, 5.41) is 17.7. The molecule has 0 aliphatic heterocycles. The van der Waals surface area contributed by atoms with Crippen molar-refractivity contribution in [3.05, 3.63) is 70.8 Å². The topological polar surface area (TPSA) is 56.8 Å². The smallest absolute Gasteiger partial charge is 0.145 e. The van der Waals surface area contributed by atoms with Crippen molar-refractivity contribution in [2.75, 3.05) is 0 Å². The third-order valence-electron chi connectivity index (χ3n) is 3.26. The fourth-order valence-corrected chi connectivity index (χ4v) is 2.03. The summed E-state index contributed by atoms with van der Waals surface area (Å²) in [5.41, 5.74) is 2.59. The van der Waals surface area contributed by atoms with Crippen LogP contribution in [0.3, 0.4) is 0 Å². The summed E-state index contributed by atoms with van der Waals surface area (Å²) < 4.78 is 5.83. The first-order chi connectivity index (χ1) is 11.2. The fraction of sp³-hybridized carbons (Fsp3) is 0.100. The summed E-state index contributed by atoms with van der Waals surface area (Å²) in [5.74, 6) is 5.12. The van der Waals surface area contributed by atoms with Crippen LogP contribution >= 0.6 is 0 Å². The molecule has 2 aromatic rings. The zero-order valence-electron chi connectivity index (χ0n) is 12.2. The maximum Gasteiger partial charge on any atom is 0.145 e. The Morgan fingerprint density at radius 1 is 0.696 bits per heavy atom. The van der Waals surface area contributed by atoms with E-state index in [1.54, 1.807) is 48.5 Å². The minimum absolute atomic E-state index is 0.546. The van der Waals surface area contributed by atoms with E-state index in [9.17, 15) is 0 Å². The Labute approximate surface area is 135 Å². The molecule has 2 unspecified atom stereocenters. The molecule has 0 bridgehead atoms. The van der Waals surface area contributed by atoms with Gasteiger partial charge in [-0.05, 0) is 35.4 Å². The van der Waals surface area contributed by atoms with Crippen LogP contribution in [0.25, 0.3) is 0 Å². The molecule has 3 heteroatoms. The molecule has 23 heavy (non-hydrogen) atoms. The van der Waals surface area contributed by atoms with Gasteiger partial charge < -0.3 is 4.74 Å². The van der Waals surface area contributed by atoms with Gasteiger partial charge in [0.1, 0.15) is 12.2 Å². The van der Waals surface area contributed by atoms with Gasteiger partial charge in [0.25, 0.3) is 0 Å². The molecule has 0 spiro atoms. The van der Waals surface area contributed by atoms with Gasteiger partial charge in [0, 0.05) is 0 Å². The monoisotopic (exact) mass is 296 g/mol. The van der Waals surface area contributed by atoms with Gasteiger partial charge in [-0.1, -0.05) is 36.1 Å². The molecular formula is C20H12N2O. The summed E-state index contributed by atoms with van der Waals surface area (Å²) in [6.45, 7) is 0. The Bertz CT molecular complexity index is 764. The van der Waals surface area contributed by atoms with Crippen LogP contribution < -0.4 is 0 Å². The van der Waals surface area contributed by atoms with E-state index in [2.05, 4.69) is 11.8 Å². The third-order valence-corrected chi connectivity index (χ3v) is 3.26. The molecule has 0 amide bonds. The van der Waals surface area contributed by atoms with Gasteiger partial charge >= 0.3 is 0 Å². The number of nitriles is 2. The molecule has 3 nitrogen and oxygen atoms in total. The highest BCUT2D eigenvalue weighted by Gasteiger charge is 2.16. The molecule has 2 rings (SSSR count). The van der Waals surface area contributed by atoms with Crippen molar-refractivity contribution >= 4 is 0 Å². The second kappa shape index (κ2) is 7.49. The number of benzene rings is 2. The first kappa shape index (κ1) is 15.9. The molecule has 0 N–H and O–H groups in total. The number of hydrogen-bond acceptors (Lipinski definition) is 3. The van der Waals surface area contributed by atoms with Crippen molar-refractivity contribution in [1.82, 2.24) is 0 Å². The average Bonchev–Trinajstić information content (AvgIpc) is 2.63. The quantitative estimate of drug-likeness (QED) is 0.811. The van der Waals surface area contributed by atoms with Gasteiger partial charge in [-0.15, -0.1) is 12.8 Å². The zero-order chi connectivity index (χ0) is 16.7. The predicted molar refractivity (Wildman–Crippen MR) is 86.5 cm³/mol. The van der Waals surface area contributed by atoms with Crippen LogP contribution in [0.15, 0.2) is 48.5 Å². The molecule has 0 aliphatic rings.